The molecule has 4 amide bonds. The number of benzene rings is 1. The van der Waals surface area contributed by atoms with Crippen LogP contribution in [-0.4, -0.2) is 43.1 Å². The van der Waals surface area contributed by atoms with Gasteiger partial charge < -0.3 is 20.5 Å². The summed E-state index contributed by atoms with van der Waals surface area (Å²) in [6, 6.07) is 5.07. The first-order chi connectivity index (χ1) is 11.3. The van der Waals surface area contributed by atoms with Crippen LogP contribution in [0.25, 0.3) is 0 Å². The maximum absolute atomic E-state index is 11.9. The Balaban J connectivity index is 2.56. The van der Waals surface area contributed by atoms with E-state index in [2.05, 4.69) is 5.32 Å². The van der Waals surface area contributed by atoms with Crippen LogP contribution < -0.4 is 21.1 Å². The smallest absolute Gasteiger partial charge is 0.338 e. The summed E-state index contributed by atoms with van der Waals surface area (Å²) in [5.74, 6) is -1.75. The number of nitrogens with two attached hydrogens (primary N) is 1. The third-order valence-electron chi connectivity index (χ3n) is 2.70. The Morgan fingerprint density at radius 3 is 2.33 bits per heavy atom. The first-order valence-corrected chi connectivity index (χ1v) is 7.14. The number of carbonyl (C=O) groups is 4. The van der Waals surface area contributed by atoms with Crippen LogP contribution in [0.1, 0.15) is 24.2 Å². The molecule has 0 aromatic heterocycles. The summed E-state index contributed by atoms with van der Waals surface area (Å²) in [6.07, 6.45) is -1.15. The van der Waals surface area contributed by atoms with Crippen molar-refractivity contribution in [3.63, 3.8) is 0 Å². The number of rotatable bonds is 7. The number of carbonyl (C=O) groups excluding carboxylic acids is 4. The second-order valence-electron chi connectivity index (χ2n) is 4.68. The van der Waals surface area contributed by atoms with Gasteiger partial charge in [-0.15, -0.1) is 0 Å². The summed E-state index contributed by atoms with van der Waals surface area (Å²) in [6.45, 7) is 3.12. The van der Waals surface area contributed by atoms with E-state index in [0.717, 1.165) is 0 Å². The van der Waals surface area contributed by atoms with E-state index in [1.54, 1.807) is 6.92 Å². The molecule has 4 N–H and O–H groups in total. The van der Waals surface area contributed by atoms with Gasteiger partial charge in [-0.1, -0.05) is 0 Å². The number of urea groups is 1. The van der Waals surface area contributed by atoms with E-state index in [9.17, 15) is 19.2 Å². The Morgan fingerprint density at radius 2 is 1.79 bits per heavy atom. The van der Waals surface area contributed by atoms with E-state index in [0.29, 0.717) is 12.3 Å². The van der Waals surface area contributed by atoms with Crippen molar-refractivity contribution in [3.05, 3.63) is 29.8 Å². The number of nitrogens with one attached hydrogen (secondary N) is 2. The highest BCUT2D eigenvalue weighted by Crippen LogP contribution is 2.13. The molecule has 0 saturated heterocycles. The van der Waals surface area contributed by atoms with Gasteiger partial charge in [-0.25, -0.2) is 9.59 Å². The Hall–Kier alpha value is -3.10. The van der Waals surface area contributed by atoms with E-state index in [4.69, 9.17) is 15.2 Å². The van der Waals surface area contributed by atoms with E-state index < -0.39 is 29.9 Å². The van der Waals surface area contributed by atoms with Gasteiger partial charge in [0.2, 0.25) is 0 Å². The molecule has 0 spiro atoms. The second-order valence-corrected chi connectivity index (χ2v) is 4.68. The predicted octanol–water partition coefficient (Wildman–Crippen LogP) is -0.0583. The molecular formula is C15H19N3O6. The maximum Gasteiger partial charge on any atom is 0.338 e. The molecule has 0 radical (unpaired) electrons. The molecule has 9 nitrogen and oxygen atoms in total. The summed E-state index contributed by atoms with van der Waals surface area (Å²) in [5, 5.41) is 4.43. The van der Waals surface area contributed by atoms with E-state index in [-0.39, 0.29) is 12.2 Å². The molecule has 24 heavy (non-hydrogen) atoms. The molecular weight excluding hydrogens is 318 g/mol. The standard InChI is InChI=1S/C15H19N3O6/c1-3-17-15(22)18-13(20)9(2)24-14(21)10-4-6-11(7-5-10)23-8-12(16)19/h4-7,9H,3,8H2,1-2H3,(H2,16,19)(H2,17,18,20,22). The number of hydrogen-bond acceptors (Lipinski definition) is 6. The number of ether oxygens (including phenoxy) is 2. The summed E-state index contributed by atoms with van der Waals surface area (Å²) in [4.78, 5) is 45.5. The van der Waals surface area contributed by atoms with Gasteiger partial charge in [0.15, 0.2) is 12.7 Å². The van der Waals surface area contributed by atoms with Crippen LogP contribution in [0.3, 0.4) is 0 Å². The maximum atomic E-state index is 11.9. The lowest BCUT2D eigenvalue weighted by molar-refractivity contribution is -0.128. The zero-order valence-electron chi connectivity index (χ0n) is 13.3. The molecule has 0 aliphatic carbocycles. The summed E-state index contributed by atoms with van der Waals surface area (Å²) >= 11 is 0. The van der Waals surface area contributed by atoms with Crippen molar-refractivity contribution >= 4 is 23.8 Å². The fourth-order valence-electron chi connectivity index (χ4n) is 1.54. The fraction of sp³-hybridized carbons (Fsp3) is 0.333. The van der Waals surface area contributed by atoms with Crippen molar-refractivity contribution in [1.82, 2.24) is 10.6 Å². The molecule has 130 valence electrons. The molecule has 0 aliphatic heterocycles. The predicted molar refractivity (Wildman–Crippen MR) is 83.2 cm³/mol. The first kappa shape index (κ1) is 18.9. The minimum absolute atomic E-state index is 0.180. The van der Waals surface area contributed by atoms with Crippen LogP contribution in [0.5, 0.6) is 5.75 Å². The zero-order valence-corrected chi connectivity index (χ0v) is 13.3. The van der Waals surface area contributed by atoms with Gasteiger partial charge >= 0.3 is 12.0 Å². The lowest BCUT2D eigenvalue weighted by Crippen LogP contribution is -2.44. The van der Waals surface area contributed by atoms with Crippen LogP contribution in [0.15, 0.2) is 24.3 Å². The van der Waals surface area contributed by atoms with Crippen LogP contribution >= 0.6 is 0 Å². The minimum Gasteiger partial charge on any atom is -0.484 e. The number of imide groups is 1. The van der Waals surface area contributed by atoms with Crippen molar-refractivity contribution in [2.75, 3.05) is 13.2 Å². The van der Waals surface area contributed by atoms with Crippen molar-refractivity contribution < 1.29 is 28.7 Å². The van der Waals surface area contributed by atoms with Crippen molar-refractivity contribution in [1.29, 1.82) is 0 Å². The molecule has 1 aromatic rings. The van der Waals surface area contributed by atoms with E-state index in [1.807, 2.05) is 5.32 Å². The second kappa shape index (κ2) is 9.13. The minimum atomic E-state index is -1.15. The Morgan fingerprint density at radius 1 is 1.17 bits per heavy atom. The van der Waals surface area contributed by atoms with Crippen LogP contribution in [-0.2, 0) is 14.3 Å². The largest absolute Gasteiger partial charge is 0.484 e. The molecule has 1 unspecified atom stereocenters. The highest BCUT2D eigenvalue weighted by Gasteiger charge is 2.20. The average molecular weight is 337 g/mol. The van der Waals surface area contributed by atoms with Crippen LogP contribution in [0.4, 0.5) is 4.79 Å². The molecule has 0 fully saturated rings. The quantitative estimate of drug-likeness (QED) is 0.596. The topological polar surface area (TPSA) is 137 Å². The summed E-state index contributed by atoms with van der Waals surface area (Å²) in [5.41, 5.74) is 5.13. The van der Waals surface area contributed by atoms with E-state index >= 15 is 0 Å². The molecule has 0 saturated carbocycles. The normalized spacial score (nSPS) is 11.1. The highest BCUT2D eigenvalue weighted by molar-refractivity contribution is 5.98. The van der Waals surface area contributed by atoms with Gasteiger partial charge in [0.1, 0.15) is 5.75 Å². The molecule has 0 bridgehead atoms. The van der Waals surface area contributed by atoms with Crippen molar-refractivity contribution in [2.45, 2.75) is 20.0 Å². The molecule has 0 aliphatic rings. The zero-order chi connectivity index (χ0) is 18.1. The highest BCUT2D eigenvalue weighted by atomic mass is 16.5. The first-order valence-electron chi connectivity index (χ1n) is 7.14. The van der Waals surface area contributed by atoms with Crippen LogP contribution in [0, 0.1) is 0 Å². The summed E-state index contributed by atoms with van der Waals surface area (Å²) in [7, 11) is 0. The lowest BCUT2D eigenvalue weighted by Gasteiger charge is -2.13. The van der Waals surface area contributed by atoms with Crippen molar-refractivity contribution in [2.24, 2.45) is 5.73 Å². The fourth-order valence-corrected chi connectivity index (χ4v) is 1.54. The third-order valence-corrected chi connectivity index (χ3v) is 2.70. The summed E-state index contributed by atoms with van der Waals surface area (Å²) < 4.78 is 10.0. The third kappa shape index (κ3) is 6.34. The number of hydrogen-bond donors (Lipinski definition) is 3. The van der Waals surface area contributed by atoms with Gasteiger partial charge in [-0.2, -0.15) is 0 Å². The van der Waals surface area contributed by atoms with Gasteiger partial charge in [0.05, 0.1) is 5.56 Å². The SMILES string of the molecule is CCNC(=O)NC(=O)C(C)OC(=O)c1ccc(OCC(N)=O)cc1. The Kier molecular flexibility index (Phi) is 7.21. The number of amides is 4. The number of primary amides is 1. The molecule has 1 rings (SSSR count). The van der Waals surface area contributed by atoms with Gasteiger partial charge in [-0.05, 0) is 38.1 Å². The molecule has 9 heteroatoms. The van der Waals surface area contributed by atoms with Crippen molar-refractivity contribution in [3.8, 4) is 5.75 Å². The van der Waals surface area contributed by atoms with Gasteiger partial charge in [-0.3, -0.25) is 14.9 Å². The van der Waals surface area contributed by atoms with Crippen LogP contribution in [0.2, 0.25) is 0 Å². The van der Waals surface area contributed by atoms with Gasteiger partial charge in [0, 0.05) is 6.54 Å². The molecule has 1 atom stereocenters. The Bertz CT molecular complexity index is 614. The number of esters is 1. The van der Waals surface area contributed by atoms with E-state index in [1.165, 1.54) is 31.2 Å². The Labute approximate surface area is 138 Å². The lowest BCUT2D eigenvalue weighted by atomic mass is 10.2. The average Bonchev–Trinajstić information content (AvgIpc) is 2.53. The monoisotopic (exact) mass is 337 g/mol. The molecule has 0 heterocycles. The van der Waals surface area contributed by atoms with Gasteiger partial charge in [0.25, 0.3) is 11.8 Å². The molecule has 1 aromatic carbocycles.